The molecule has 152 valence electrons. The highest BCUT2D eigenvalue weighted by atomic mass is 32.1. The van der Waals surface area contributed by atoms with Gasteiger partial charge in [0, 0.05) is 38.1 Å². The van der Waals surface area contributed by atoms with Gasteiger partial charge in [0.25, 0.3) is 5.91 Å². The lowest BCUT2D eigenvalue weighted by Gasteiger charge is -2.33. The highest BCUT2D eigenvalue weighted by molar-refractivity contribution is 7.09. The van der Waals surface area contributed by atoms with E-state index in [2.05, 4.69) is 15.3 Å². The quantitative estimate of drug-likeness (QED) is 0.614. The molecule has 1 aliphatic heterocycles. The van der Waals surface area contributed by atoms with Gasteiger partial charge in [0.2, 0.25) is 0 Å². The molecule has 3 heterocycles. The minimum Gasteiger partial charge on any atom is -0.486 e. The average molecular weight is 415 g/mol. The highest BCUT2D eigenvalue weighted by Crippen LogP contribution is 2.17. The third kappa shape index (κ3) is 5.02. The first-order chi connectivity index (χ1) is 14.1. The van der Waals surface area contributed by atoms with E-state index in [4.69, 9.17) is 9.15 Å². The molecular weight excluding hydrogens is 393 g/mol. The molecule has 1 fully saturated rings. The zero-order chi connectivity index (χ0) is 20.2. The number of aryl methyl sites for hydroxylation is 1. The van der Waals surface area contributed by atoms with Gasteiger partial charge in [0.15, 0.2) is 5.76 Å². The Labute approximate surface area is 172 Å². The third-order valence-corrected chi connectivity index (χ3v) is 5.60. The zero-order valence-corrected chi connectivity index (χ0v) is 17.0. The number of furan rings is 1. The van der Waals surface area contributed by atoms with Crippen molar-refractivity contribution in [3.8, 4) is 5.75 Å². The van der Waals surface area contributed by atoms with Crippen LogP contribution >= 0.6 is 11.3 Å². The van der Waals surface area contributed by atoms with E-state index in [1.807, 2.05) is 11.8 Å². The van der Waals surface area contributed by atoms with Crippen LogP contribution in [0.15, 0.2) is 46.2 Å². The van der Waals surface area contributed by atoms with Crippen molar-refractivity contribution in [1.82, 2.24) is 14.8 Å². The van der Waals surface area contributed by atoms with Gasteiger partial charge in [-0.2, -0.15) is 0 Å². The first kappa shape index (κ1) is 19.6. The van der Waals surface area contributed by atoms with E-state index in [1.54, 1.807) is 35.6 Å². The number of halogens is 1. The Kier molecular flexibility index (Phi) is 5.92. The Morgan fingerprint density at radius 2 is 1.93 bits per heavy atom. The SMILES string of the molecule is Cc1nc(CN2CCN(C(=O)c3ccc(COc4ccc(F)cc4)o3)CC2)cs1. The molecule has 0 bridgehead atoms. The third-order valence-electron chi connectivity index (χ3n) is 4.78. The summed E-state index contributed by atoms with van der Waals surface area (Å²) in [6, 6.07) is 9.19. The first-order valence-corrected chi connectivity index (χ1v) is 10.3. The van der Waals surface area contributed by atoms with Crippen LogP contribution in [-0.4, -0.2) is 46.9 Å². The van der Waals surface area contributed by atoms with Crippen LogP contribution in [0.4, 0.5) is 4.39 Å². The molecule has 0 spiro atoms. The summed E-state index contributed by atoms with van der Waals surface area (Å²) in [5.74, 6) is 0.982. The number of aromatic nitrogens is 1. The molecular formula is C21H22FN3O3S. The van der Waals surface area contributed by atoms with Crippen molar-refractivity contribution < 1.29 is 18.3 Å². The lowest BCUT2D eigenvalue weighted by atomic mass is 10.2. The van der Waals surface area contributed by atoms with Crippen LogP contribution in [0.25, 0.3) is 0 Å². The van der Waals surface area contributed by atoms with Gasteiger partial charge in [-0.3, -0.25) is 9.69 Å². The minimum absolute atomic E-state index is 0.109. The Bertz CT molecular complexity index is 962. The molecule has 0 radical (unpaired) electrons. The molecule has 0 saturated carbocycles. The number of ether oxygens (including phenoxy) is 1. The molecule has 29 heavy (non-hydrogen) atoms. The maximum absolute atomic E-state index is 12.9. The van der Waals surface area contributed by atoms with Crippen molar-refractivity contribution in [2.24, 2.45) is 0 Å². The molecule has 1 saturated heterocycles. The van der Waals surface area contributed by atoms with Crippen molar-refractivity contribution >= 4 is 17.2 Å². The number of thiazole rings is 1. The van der Waals surface area contributed by atoms with Gasteiger partial charge in [0.05, 0.1) is 10.7 Å². The highest BCUT2D eigenvalue weighted by Gasteiger charge is 2.24. The summed E-state index contributed by atoms with van der Waals surface area (Å²) in [4.78, 5) is 21.3. The van der Waals surface area contributed by atoms with E-state index < -0.39 is 0 Å². The van der Waals surface area contributed by atoms with Crippen LogP contribution in [0.3, 0.4) is 0 Å². The van der Waals surface area contributed by atoms with Gasteiger partial charge >= 0.3 is 0 Å². The molecule has 4 rings (SSSR count). The van der Waals surface area contributed by atoms with E-state index in [0.29, 0.717) is 30.4 Å². The number of hydrogen-bond donors (Lipinski definition) is 0. The summed E-state index contributed by atoms with van der Waals surface area (Å²) < 4.78 is 24.1. The molecule has 0 aliphatic carbocycles. The predicted octanol–water partition coefficient (Wildman–Crippen LogP) is 3.72. The molecule has 2 aromatic heterocycles. The van der Waals surface area contributed by atoms with Crippen LogP contribution in [0.1, 0.15) is 27.0 Å². The summed E-state index contributed by atoms with van der Waals surface area (Å²) in [5.41, 5.74) is 1.09. The number of hydrogen-bond acceptors (Lipinski definition) is 6. The monoisotopic (exact) mass is 415 g/mol. The van der Waals surface area contributed by atoms with Gasteiger partial charge in [-0.15, -0.1) is 11.3 Å². The molecule has 6 nitrogen and oxygen atoms in total. The van der Waals surface area contributed by atoms with Crippen LogP contribution in [0.5, 0.6) is 5.75 Å². The van der Waals surface area contributed by atoms with Gasteiger partial charge in [-0.05, 0) is 43.3 Å². The number of amides is 1. The lowest BCUT2D eigenvalue weighted by Crippen LogP contribution is -2.48. The molecule has 8 heteroatoms. The van der Waals surface area contributed by atoms with Crippen LogP contribution in [0, 0.1) is 12.7 Å². The second-order valence-electron chi connectivity index (χ2n) is 6.93. The maximum Gasteiger partial charge on any atom is 0.289 e. The number of carbonyl (C=O) groups is 1. The van der Waals surface area contributed by atoms with Crippen molar-refractivity contribution in [2.75, 3.05) is 26.2 Å². The summed E-state index contributed by atoms with van der Waals surface area (Å²) in [6.45, 7) is 5.94. The van der Waals surface area contributed by atoms with E-state index in [0.717, 1.165) is 30.3 Å². The van der Waals surface area contributed by atoms with Crippen LogP contribution in [-0.2, 0) is 13.2 Å². The van der Waals surface area contributed by atoms with Crippen LogP contribution < -0.4 is 4.74 Å². The lowest BCUT2D eigenvalue weighted by molar-refractivity contribution is 0.0593. The van der Waals surface area contributed by atoms with Gasteiger partial charge in [-0.1, -0.05) is 0 Å². The van der Waals surface area contributed by atoms with E-state index in [1.165, 1.54) is 12.1 Å². The van der Waals surface area contributed by atoms with Gasteiger partial charge in [-0.25, -0.2) is 9.37 Å². The fourth-order valence-electron chi connectivity index (χ4n) is 3.23. The molecule has 0 N–H and O–H groups in total. The summed E-state index contributed by atoms with van der Waals surface area (Å²) in [5, 5.41) is 3.16. The number of piperazine rings is 1. The average Bonchev–Trinajstić information content (AvgIpc) is 3.37. The Morgan fingerprint density at radius 1 is 1.17 bits per heavy atom. The molecule has 1 amide bonds. The first-order valence-electron chi connectivity index (χ1n) is 9.46. The number of rotatable bonds is 6. The van der Waals surface area contributed by atoms with Gasteiger partial charge in [0.1, 0.15) is 23.9 Å². The van der Waals surface area contributed by atoms with Crippen LogP contribution in [0.2, 0.25) is 0 Å². The molecule has 1 aromatic carbocycles. The largest absolute Gasteiger partial charge is 0.486 e. The Hall–Kier alpha value is -2.71. The number of nitrogens with zero attached hydrogens (tertiary/aromatic N) is 3. The molecule has 1 aliphatic rings. The molecule has 0 atom stereocenters. The van der Waals surface area contributed by atoms with Crippen molar-refractivity contribution in [1.29, 1.82) is 0 Å². The number of carbonyl (C=O) groups excluding carboxylic acids is 1. The van der Waals surface area contributed by atoms with E-state index in [9.17, 15) is 9.18 Å². The summed E-state index contributed by atoms with van der Waals surface area (Å²) in [6.07, 6.45) is 0. The van der Waals surface area contributed by atoms with Crippen molar-refractivity contribution in [2.45, 2.75) is 20.1 Å². The normalized spacial score (nSPS) is 14.9. The smallest absolute Gasteiger partial charge is 0.289 e. The Morgan fingerprint density at radius 3 is 2.62 bits per heavy atom. The standard InChI is InChI=1S/C21H22FN3O3S/c1-15-23-17(14-29-15)12-24-8-10-25(11-9-24)21(26)20-7-6-19(28-20)13-27-18-4-2-16(22)3-5-18/h2-7,14H,8-13H2,1H3. The van der Waals surface area contributed by atoms with Gasteiger partial charge < -0.3 is 14.1 Å². The molecule has 3 aromatic rings. The fourth-order valence-corrected chi connectivity index (χ4v) is 3.83. The second kappa shape index (κ2) is 8.75. The number of benzene rings is 1. The zero-order valence-electron chi connectivity index (χ0n) is 16.1. The Balaban J connectivity index is 1.27. The van der Waals surface area contributed by atoms with E-state index in [-0.39, 0.29) is 18.3 Å². The summed E-state index contributed by atoms with van der Waals surface area (Å²) in [7, 11) is 0. The molecule has 0 unspecified atom stereocenters. The summed E-state index contributed by atoms with van der Waals surface area (Å²) >= 11 is 1.66. The van der Waals surface area contributed by atoms with Crippen molar-refractivity contribution in [3.05, 3.63) is 69.8 Å². The van der Waals surface area contributed by atoms with E-state index >= 15 is 0 Å². The van der Waals surface area contributed by atoms with Crippen molar-refractivity contribution in [3.63, 3.8) is 0 Å². The fraction of sp³-hybridized carbons (Fsp3) is 0.333. The second-order valence-corrected chi connectivity index (χ2v) is 8.00. The minimum atomic E-state index is -0.315. The maximum atomic E-state index is 12.9. The topological polar surface area (TPSA) is 58.8 Å². The predicted molar refractivity (Wildman–Crippen MR) is 107 cm³/mol.